The lowest BCUT2D eigenvalue weighted by molar-refractivity contribution is -0.143. The molecule has 0 saturated carbocycles. The smallest absolute Gasteiger partial charge is 0.325 e. The summed E-state index contributed by atoms with van der Waals surface area (Å²) in [6.07, 6.45) is 3.31. The Balaban J connectivity index is 1.42. The van der Waals surface area contributed by atoms with Gasteiger partial charge in [-0.15, -0.1) is 0 Å². The molecule has 4 rings (SSSR count). The SMILES string of the molecule is CCOC(=O)CN(C)C(=O)c1cnc(NNC(=S)NC2c3ccccc3CCc3ccccc32)c(Cl)c1. The van der Waals surface area contributed by atoms with Crippen LogP contribution in [0.3, 0.4) is 0 Å². The van der Waals surface area contributed by atoms with Crippen LogP contribution in [0.1, 0.15) is 45.6 Å². The molecule has 10 heteroatoms. The molecule has 0 atom stereocenters. The number of hydrogen-bond acceptors (Lipinski definition) is 6. The quantitative estimate of drug-likeness (QED) is 0.236. The molecular weight excluding hydrogens is 510 g/mol. The molecule has 2 aromatic carbocycles. The minimum atomic E-state index is -0.486. The molecule has 1 aliphatic rings. The van der Waals surface area contributed by atoms with Crippen molar-refractivity contribution in [1.82, 2.24) is 20.6 Å². The van der Waals surface area contributed by atoms with E-state index in [4.69, 9.17) is 28.6 Å². The van der Waals surface area contributed by atoms with E-state index in [1.165, 1.54) is 46.5 Å². The summed E-state index contributed by atoms with van der Waals surface area (Å²) >= 11 is 12.0. The number of carbonyl (C=O) groups excluding carboxylic acids is 2. The van der Waals surface area contributed by atoms with Crippen molar-refractivity contribution < 1.29 is 14.3 Å². The average molecular weight is 538 g/mol. The molecule has 0 spiro atoms. The fraction of sp³-hybridized carbons (Fsp3) is 0.259. The number of halogens is 1. The largest absolute Gasteiger partial charge is 0.465 e. The molecule has 0 fully saturated rings. The van der Waals surface area contributed by atoms with Gasteiger partial charge in [0.1, 0.15) is 6.54 Å². The maximum absolute atomic E-state index is 12.6. The van der Waals surface area contributed by atoms with Crippen molar-refractivity contribution in [3.63, 3.8) is 0 Å². The summed E-state index contributed by atoms with van der Waals surface area (Å²) < 4.78 is 4.89. The third-order valence-electron chi connectivity index (χ3n) is 6.07. The van der Waals surface area contributed by atoms with Gasteiger partial charge in [-0.25, -0.2) is 4.98 Å². The van der Waals surface area contributed by atoms with Crippen molar-refractivity contribution in [2.75, 3.05) is 25.6 Å². The summed E-state index contributed by atoms with van der Waals surface area (Å²) in [5.41, 5.74) is 11.0. The van der Waals surface area contributed by atoms with E-state index in [0.717, 1.165) is 12.8 Å². The number of likely N-dealkylation sites (N-methyl/N-ethyl adjacent to an activating group) is 1. The summed E-state index contributed by atoms with van der Waals surface area (Å²) in [5, 5.41) is 4.00. The number of nitrogens with zero attached hydrogens (tertiary/aromatic N) is 2. The van der Waals surface area contributed by atoms with Crippen LogP contribution in [0.5, 0.6) is 0 Å². The molecule has 8 nitrogen and oxygen atoms in total. The van der Waals surface area contributed by atoms with Crippen molar-refractivity contribution >= 4 is 46.6 Å². The highest BCUT2D eigenvalue weighted by Gasteiger charge is 2.24. The van der Waals surface area contributed by atoms with E-state index >= 15 is 0 Å². The topological polar surface area (TPSA) is 95.6 Å². The Morgan fingerprint density at radius 1 is 1.11 bits per heavy atom. The van der Waals surface area contributed by atoms with Crippen LogP contribution in [0.2, 0.25) is 5.02 Å². The number of nitrogens with one attached hydrogen (secondary N) is 3. The molecule has 192 valence electrons. The summed E-state index contributed by atoms with van der Waals surface area (Å²) in [4.78, 5) is 29.8. The van der Waals surface area contributed by atoms with Crippen molar-refractivity contribution in [3.8, 4) is 0 Å². The second-order valence-corrected chi connectivity index (χ2v) is 9.39. The molecule has 1 aliphatic carbocycles. The van der Waals surface area contributed by atoms with E-state index < -0.39 is 11.9 Å². The molecule has 0 aliphatic heterocycles. The molecular formula is C27H28ClN5O3S. The van der Waals surface area contributed by atoms with E-state index in [2.05, 4.69) is 57.6 Å². The van der Waals surface area contributed by atoms with E-state index in [1.54, 1.807) is 6.92 Å². The second kappa shape index (κ2) is 12.0. The van der Waals surface area contributed by atoms with Gasteiger partial charge in [0.15, 0.2) is 10.9 Å². The van der Waals surface area contributed by atoms with Crippen LogP contribution in [0.4, 0.5) is 5.82 Å². The molecule has 1 aromatic heterocycles. The number of aromatic nitrogens is 1. The van der Waals surface area contributed by atoms with Crippen molar-refractivity contribution in [1.29, 1.82) is 0 Å². The fourth-order valence-corrected chi connectivity index (χ4v) is 4.68. The third kappa shape index (κ3) is 6.36. The van der Waals surface area contributed by atoms with Crippen LogP contribution in [-0.4, -0.2) is 47.1 Å². The Labute approximate surface area is 226 Å². The van der Waals surface area contributed by atoms with E-state index in [9.17, 15) is 9.59 Å². The summed E-state index contributed by atoms with van der Waals surface area (Å²) in [6.45, 7) is 1.79. The van der Waals surface area contributed by atoms with Crippen LogP contribution >= 0.6 is 23.8 Å². The van der Waals surface area contributed by atoms with Gasteiger partial charge in [-0.1, -0.05) is 60.1 Å². The van der Waals surface area contributed by atoms with Crippen LogP contribution in [0.25, 0.3) is 0 Å². The second-order valence-electron chi connectivity index (χ2n) is 8.57. The number of benzene rings is 2. The Kier molecular flexibility index (Phi) is 8.58. The van der Waals surface area contributed by atoms with Gasteiger partial charge < -0.3 is 15.0 Å². The molecule has 3 N–H and O–H groups in total. The number of esters is 1. The number of pyridine rings is 1. The summed E-state index contributed by atoms with van der Waals surface area (Å²) in [5.74, 6) is -0.582. The highest BCUT2D eigenvalue weighted by atomic mass is 35.5. The van der Waals surface area contributed by atoms with Crippen molar-refractivity contribution in [3.05, 3.63) is 93.6 Å². The van der Waals surface area contributed by atoms with Gasteiger partial charge in [0.25, 0.3) is 5.91 Å². The van der Waals surface area contributed by atoms with Gasteiger partial charge in [-0.3, -0.25) is 20.4 Å². The number of fused-ring (bicyclic) bond motifs is 2. The monoisotopic (exact) mass is 537 g/mol. The zero-order valence-corrected chi connectivity index (χ0v) is 22.2. The Bertz CT molecular complexity index is 1270. The van der Waals surface area contributed by atoms with Gasteiger partial charge in [0, 0.05) is 13.2 Å². The summed E-state index contributed by atoms with van der Waals surface area (Å²) in [7, 11) is 1.51. The highest BCUT2D eigenvalue weighted by Crippen LogP contribution is 2.32. The number of carbonyl (C=O) groups is 2. The zero-order chi connectivity index (χ0) is 26.4. The lowest BCUT2D eigenvalue weighted by Gasteiger charge is -2.24. The first-order chi connectivity index (χ1) is 17.9. The van der Waals surface area contributed by atoms with Crippen LogP contribution in [0.15, 0.2) is 60.8 Å². The Hall–Kier alpha value is -3.69. The first kappa shape index (κ1) is 26.4. The normalized spacial score (nSPS) is 12.4. The summed E-state index contributed by atoms with van der Waals surface area (Å²) in [6, 6.07) is 18.1. The maximum atomic E-state index is 12.6. The Morgan fingerprint density at radius 3 is 2.32 bits per heavy atom. The lowest BCUT2D eigenvalue weighted by atomic mass is 9.95. The number of thiocarbonyl (C=S) groups is 1. The number of rotatable bonds is 7. The zero-order valence-electron chi connectivity index (χ0n) is 20.6. The minimum Gasteiger partial charge on any atom is -0.465 e. The van der Waals surface area contributed by atoms with Gasteiger partial charge in [-0.05, 0) is 60.3 Å². The van der Waals surface area contributed by atoms with Crippen LogP contribution in [0, 0.1) is 0 Å². The van der Waals surface area contributed by atoms with Crippen molar-refractivity contribution in [2.45, 2.75) is 25.8 Å². The lowest BCUT2D eigenvalue weighted by Crippen LogP contribution is -2.41. The van der Waals surface area contributed by atoms with Gasteiger partial charge in [-0.2, -0.15) is 0 Å². The maximum Gasteiger partial charge on any atom is 0.325 e. The standard InChI is InChI=1S/C27H28ClN5O3S/c1-3-36-23(34)16-33(2)26(35)19-14-22(28)25(29-15-19)31-32-27(37)30-24-20-10-6-4-8-17(20)12-13-18-9-5-7-11-21(18)24/h4-11,14-15,24H,3,12-13,16H2,1-2H3,(H,29,31)(H2,30,32,37). The van der Waals surface area contributed by atoms with Crippen molar-refractivity contribution in [2.24, 2.45) is 0 Å². The van der Waals surface area contributed by atoms with Gasteiger partial charge in [0.2, 0.25) is 0 Å². The number of ether oxygens (including phenoxy) is 1. The fourth-order valence-electron chi connectivity index (χ4n) is 4.30. The molecule has 3 aromatic rings. The molecule has 0 saturated heterocycles. The highest BCUT2D eigenvalue weighted by molar-refractivity contribution is 7.80. The van der Waals surface area contributed by atoms with Crippen LogP contribution < -0.4 is 16.2 Å². The van der Waals surface area contributed by atoms with Crippen LogP contribution in [-0.2, 0) is 22.4 Å². The van der Waals surface area contributed by atoms with E-state index in [1.807, 2.05) is 12.1 Å². The first-order valence-electron chi connectivity index (χ1n) is 11.9. The Morgan fingerprint density at radius 2 is 1.73 bits per heavy atom. The number of aryl methyl sites for hydroxylation is 2. The minimum absolute atomic E-state index is 0.116. The molecule has 0 radical (unpaired) electrons. The van der Waals surface area contributed by atoms with E-state index in [-0.39, 0.29) is 29.8 Å². The predicted octanol–water partition coefficient (Wildman–Crippen LogP) is 4.05. The predicted molar refractivity (Wildman–Crippen MR) is 147 cm³/mol. The molecule has 0 bridgehead atoms. The number of hydrogen-bond donors (Lipinski definition) is 3. The third-order valence-corrected chi connectivity index (χ3v) is 6.58. The van der Waals surface area contributed by atoms with Gasteiger partial charge in [0.05, 0.1) is 23.2 Å². The molecule has 1 heterocycles. The molecule has 37 heavy (non-hydrogen) atoms. The number of anilines is 1. The van der Waals surface area contributed by atoms with Gasteiger partial charge >= 0.3 is 5.97 Å². The molecule has 1 amide bonds. The number of amides is 1. The average Bonchev–Trinajstić information content (AvgIpc) is 3.05. The molecule has 0 unspecified atom stereocenters. The van der Waals surface area contributed by atoms with E-state index in [0.29, 0.717) is 10.9 Å². The first-order valence-corrected chi connectivity index (χ1v) is 12.7. The number of hydrazine groups is 1.